The fraction of sp³-hybridized carbons (Fsp3) is 0.500. The van der Waals surface area contributed by atoms with Crippen molar-refractivity contribution >= 4 is 40.8 Å². The van der Waals surface area contributed by atoms with Gasteiger partial charge in [-0.1, -0.05) is 11.6 Å². The van der Waals surface area contributed by atoms with E-state index < -0.39 is 0 Å². The lowest BCUT2D eigenvalue weighted by atomic mass is 10.1. The van der Waals surface area contributed by atoms with Crippen LogP contribution in [0, 0.1) is 6.92 Å². The van der Waals surface area contributed by atoms with Crippen molar-refractivity contribution < 1.29 is 4.79 Å². The second kappa shape index (κ2) is 5.47. The number of urea groups is 1. The van der Waals surface area contributed by atoms with Gasteiger partial charge in [0.15, 0.2) is 0 Å². The van der Waals surface area contributed by atoms with Gasteiger partial charge >= 0.3 is 6.03 Å². The fourth-order valence-electron chi connectivity index (χ4n) is 2.65. The van der Waals surface area contributed by atoms with Crippen LogP contribution in [0.25, 0.3) is 0 Å². The molecule has 0 saturated carbocycles. The Balaban J connectivity index is 1.83. The van der Waals surface area contributed by atoms with Gasteiger partial charge in [-0.25, -0.2) is 4.79 Å². The van der Waals surface area contributed by atoms with Gasteiger partial charge in [0.2, 0.25) is 0 Å². The average molecular weight is 311 g/mol. The summed E-state index contributed by atoms with van der Waals surface area (Å²) in [6.45, 7) is 4.26. The van der Waals surface area contributed by atoms with Gasteiger partial charge < -0.3 is 10.2 Å². The van der Waals surface area contributed by atoms with E-state index in [1.807, 2.05) is 18.7 Å². The number of likely N-dealkylation sites (tertiary alicyclic amines) is 1. The summed E-state index contributed by atoms with van der Waals surface area (Å²) in [6.07, 6.45) is 2.34. The van der Waals surface area contributed by atoms with Crippen molar-refractivity contribution in [3.8, 4) is 0 Å². The highest BCUT2D eigenvalue weighted by Gasteiger charge is 2.26. The van der Waals surface area contributed by atoms with Crippen LogP contribution < -0.4 is 10.6 Å². The molecule has 1 radical (unpaired) electrons. The number of benzene rings is 1. The Morgan fingerprint density at radius 3 is 2.85 bits per heavy atom. The van der Waals surface area contributed by atoms with E-state index in [-0.39, 0.29) is 6.03 Å². The number of carbonyl (C=O) groups is 1. The lowest BCUT2D eigenvalue weighted by Crippen LogP contribution is -2.31. The number of hydrogen-bond donors (Lipinski definition) is 1. The Morgan fingerprint density at radius 2 is 2.15 bits per heavy atom. The van der Waals surface area contributed by atoms with Gasteiger partial charge in [0.05, 0.1) is 16.4 Å². The largest absolute Gasteiger partial charge is 0.346 e. The van der Waals surface area contributed by atoms with Crippen LogP contribution in [0.5, 0.6) is 0 Å². The molecule has 0 unspecified atom stereocenters. The highest BCUT2D eigenvalue weighted by Crippen LogP contribution is 2.44. The minimum Gasteiger partial charge on any atom is -0.306 e. The summed E-state index contributed by atoms with van der Waals surface area (Å²) in [5.41, 5.74) is 2.51. The lowest BCUT2D eigenvalue weighted by molar-refractivity contribution is 0.256. The summed E-state index contributed by atoms with van der Waals surface area (Å²) in [6, 6.07) is 1.49. The Kier molecular flexibility index (Phi) is 3.84. The number of hydrogen-bond acceptors (Lipinski definition) is 3. The van der Waals surface area contributed by atoms with E-state index in [1.165, 1.54) is 12.8 Å². The molecule has 6 heteroatoms. The first-order valence-corrected chi connectivity index (χ1v) is 8.01. The molecule has 0 aromatic heterocycles. The third-order valence-electron chi connectivity index (χ3n) is 3.86. The zero-order valence-electron chi connectivity index (χ0n) is 11.6. The van der Waals surface area contributed by atoms with Crippen molar-refractivity contribution in [3.05, 3.63) is 16.7 Å². The lowest BCUT2D eigenvalue weighted by Gasteiger charge is -2.29. The van der Waals surface area contributed by atoms with Gasteiger partial charge in [0.1, 0.15) is 0 Å². The van der Waals surface area contributed by atoms with E-state index in [0.717, 1.165) is 29.2 Å². The maximum Gasteiger partial charge on any atom is 0.346 e. The van der Waals surface area contributed by atoms with E-state index in [2.05, 4.69) is 22.6 Å². The minimum atomic E-state index is -0.305. The average Bonchev–Trinajstić information content (AvgIpc) is 2.77. The molecular formula is C14H17ClN3OS. The zero-order chi connectivity index (χ0) is 14.3. The summed E-state index contributed by atoms with van der Waals surface area (Å²) < 4.78 is 0. The second-order valence-electron chi connectivity index (χ2n) is 5.37. The van der Waals surface area contributed by atoms with Crippen LogP contribution >= 0.6 is 23.4 Å². The number of halogens is 1. The third-order valence-corrected chi connectivity index (χ3v) is 5.83. The Labute approximate surface area is 128 Å². The molecule has 20 heavy (non-hydrogen) atoms. The number of anilines is 1. The van der Waals surface area contributed by atoms with Crippen molar-refractivity contribution in [3.63, 3.8) is 0 Å². The summed E-state index contributed by atoms with van der Waals surface area (Å²) in [5, 5.41) is 8.00. The zero-order valence-corrected chi connectivity index (χ0v) is 13.1. The molecule has 0 atom stereocenters. The molecule has 1 aromatic rings. The fourth-order valence-corrected chi connectivity index (χ4v) is 4.26. The topological polar surface area (TPSA) is 46.4 Å². The number of nitrogens with zero attached hydrogens (tertiary/aromatic N) is 2. The first kappa shape index (κ1) is 14.0. The van der Waals surface area contributed by atoms with Gasteiger partial charge in [-0.3, -0.25) is 0 Å². The van der Waals surface area contributed by atoms with Gasteiger partial charge in [0, 0.05) is 10.1 Å². The standard InChI is InChI=1S/C14H17ClN3OS/c1-8-12-11(16-14(19)17-12)7-10(15)13(8)20-9-3-5-18(2)6-4-9/h7,9H,3-6H2,1-2H3,(H,17,19). The first-order valence-electron chi connectivity index (χ1n) is 6.75. The van der Waals surface area contributed by atoms with Crippen LogP contribution in [0.3, 0.4) is 0 Å². The van der Waals surface area contributed by atoms with E-state index in [4.69, 9.17) is 11.6 Å². The summed E-state index contributed by atoms with van der Waals surface area (Å²) in [7, 11) is 2.16. The van der Waals surface area contributed by atoms with Gasteiger partial charge in [-0.2, -0.15) is 5.32 Å². The summed E-state index contributed by atoms with van der Waals surface area (Å²) in [5.74, 6) is 0. The molecule has 2 heterocycles. The van der Waals surface area contributed by atoms with Crippen LogP contribution in [0.1, 0.15) is 18.4 Å². The number of fused-ring (bicyclic) bond motifs is 1. The van der Waals surface area contributed by atoms with Crippen LogP contribution in [0.4, 0.5) is 16.2 Å². The predicted molar refractivity (Wildman–Crippen MR) is 83.4 cm³/mol. The van der Waals surface area contributed by atoms with Gasteiger partial charge in [0.25, 0.3) is 0 Å². The molecule has 1 aromatic carbocycles. The number of carbonyl (C=O) groups excluding carboxylic acids is 1. The molecule has 2 amide bonds. The predicted octanol–water partition coefficient (Wildman–Crippen LogP) is 3.62. The molecule has 107 valence electrons. The van der Waals surface area contributed by atoms with E-state index in [9.17, 15) is 4.79 Å². The van der Waals surface area contributed by atoms with Gasteiger partial charge in [-0.05, 0) is 51.5 Å². The molecule has 1 N–H and O–H groups in total. The Bertz CT molecular complexity index is 556. The molecule has 1 fully saturated rings. The number of piperidine rings is 1. The molecular weight excluding hydrogens is 294 g/mol. The van der Waals surface area contributed by atoms with Crippen molar-refractivity contribution in [1.29, 1.82) is 0 Å². The molecule has 0 spiro atoms. The van der Waals surface area contributed by atoms with Gasteiger partial charge in [-0.15, -0.1) is 11.8 Å². The molecule has 0 aliphatic carbocycles. The van der Waals surface area contributed by atoms with E-state index in [0.29, 0.717) is 16.0 Å². The quantitative estimate of drug-likeness (QED) is 0.907. The summed E-state index contributed by atoms with van der Waals surface area (Å²) >= 11 is 8.21. The molecule has 2 aliphatic heterocycles. The van der Waals surface area contributed by atoms with Crippen molar-refractivity contribution in [2.24, 2.45) is 0 Å². The SMILES string of the molecule is Cc1c2c(cc(Cl)c1SC1CCN(C)CC1)[N]C(=O)N2. The number of rotatable bonds is 2. The molecule has 0 bridgehead atoms. The highest BCUT2D eigenvalue weighted by molar-refractivity contribution is 8.00. The second-order valence-corrected chi connectivity index (χ2v) is 7.09. The molecule has 3 rings (SSSR count). The van der Waals surface area contributed by atoms with E-state index in [1.54, 1.807) is 6.07 Å². The van der Waals surface area contributed by atoms with Crippen LogP contribution in [-0.2, 0) is 0 Å². The first-order chi connectivity index (χ1) is 9.54. The third kappa shape index (κ3) is 2.62. The molecule has 4 nitrogen and oxygen atoms in total. The number of thioether (sulfide) groups is 1. The molecule has 2 aliphatic rings. The van der Waals surface area contributed by atoms with Crippen LogP contribution in [0.15, 0.2) is 11.0 Å². The highest BCUT2D eigenvalue weighted by atomic mass is 35.5. The van der Waals surface area contributed by atoms with Crippen LogP contribution in [0.2, 0.25) is 5.02 Å². The van der Waals surface area contributed by atoms with Crippen molar-refractivity contribution in [1.82, 2.24) is 10.2 Å². The Hall–Kier alpha value is -0.910. The minimum absolute atomic E-state index is 0.305. The maximum atomic E-state index is 11.4. The van der Waals surface area contributed by atoms with Crippen molar-refractivity contribution in [2.75, 3.05) is 25.5 Å². The van der Waals surface area contributed by atoms with Crippen molar-refractivity contribution in [2.45, 2.75) is 29.9 Å². The monoisotopic (exact) mass is 310 g/mol. The maximum absolute atomic E-state index is 11.4. The molecule has 1 saturated heterocycles. The number of nitrogens with one attached hydrogen (secondary N) is 1. The Morgan fingerprint density at radius 1 is 1.45 bits per heavy atom. The van der Waals surface area contributed by atoms with E-state index >= 15 is 0 Å². The van der Waals surface area contributed by atoms with Crippen LogP contribution in [-0.4, -0.2) is 36.3 Å². The summed E-state index contributed by atoms with van der Waals surface area (Å²) in [4.78, 5) is 14.8. The smallest absolute Gasteiger partial charge is 0.306 e. The number of amides is 2. The normalized spacial score (nSPS) is 19.6.